The van der Waals surface area contributed by atoms with Crippen molar-refractivity contribution in [3.8, 4) is 0 Å². The molecule has 2 aromatic rings. The second kappa shape index (κ2) is 16.5. The molecular weight excluding hydrogens is 410 g/mol. The molecule has 2 aromatic carbocycles. The van der Waals surface area contributed by atoms with Crippen LogP contribution in [0.1, 0.15) is 5.56 Å². The van der Waals surface area contributed by atoms with Crippen molar-refractivity contribution in [3.63, 3.8) is 0 Å². The van der Waals surface area contributed by atoms with Crippen molar-refractivity contribution in [1.29, 1.82) is 0 Å². The van der Waals surface area contributed by atoms with Gasteiger partial charge in [-0.25, -0.2) is 0 Å². The van der Waals surface area contributed by atoms with Gasteiger partial charge in [0.15, 0.2) is 0 Å². The van der Waals surface area contributed by atoms with Gasteiger partial charge in [-0.05, 0) is 17.7 Å². The summed E-state index contributed by atoms with van der Waals surface area (Å²) in [6.45, 7) is 3.58. The second-order valence-corrected chi connectivity index (χ2v) is 6.27. The molecule has 0 saturated carbocycles. The number of benzene rings is 2. The molecule has 0 saturated heterocycles. The molecule has 0 atom stereocenters. The van der Waals surface area contributed by atoms with E-state index in [0.29, 0.717) is 0 Å². The molecule has 0 amide bonds. The Bertz CT molecular complexity index is 725. The first kappa shape index (κ1) is 31.0. The molecule has 0 fully saturated rings. The van der Waals surface area contributed by atoms with E-state index in [4.69, 9.17) is 19.2 Å². The Kier molecular flexibility index (Phi) is 18.3. The Labute approximate surface area is 232 Å². The number of para-hydroxylation sites is 1. The molecule has 0 aliphatic carbocycles. The summed E-state index contributed by atoms with van der Waals surface area (Å²) in [7, 11) is -5.39. The molecule has 3 rings (SSSR count). The average molecular weight is 429 g/mol. The monoisotopic (exact) mass is 429 g/mol. The predicted molar refractivity (Wildman–Crippen MR) is 91.8 cm³/mol. The van der Waals surface area contributed by atoms with Crippen LogP contribution in [0.25, 0.3) is 0 Å². The molecule has 11 heteroatoms. The zero-order valence-electron chi connectivity index (χ0n) is 16.6. The van der Waals surface area contributed by atoms with Crippen molar-refractivity contribution in [2.45, 2.75) is 6.54 Å². The smallest absolute Gasteiger partial charge is 0.822 e. The largest absolute Gasteiger partial charge is 1.00 e. The number of anilines is 1. The van der Waals surface area contributed by atoms with E-state index in [2.05, 4.69) is 75.9 Å². The number of hydrogen-bond acceptors (Lipinski definition) is 7. The first-order valence-corrected chi connectivity index (χ1v) is 9.22. The van der Waals surface area contributed by atoms with Gasteiger partial charge in [0.05, 0.1) is 13.1 Å². The molecule has 28 heavy (non-hydrogen) atoms. The first-order valence-electron chi connectivity index (χ1n) is 7.76. The standard InChI is InChI=1S/C17H19N3.3Na.H3O4P/c1-3-7-15(8-4-1)13-20(14-17-18-11-12-19-17)16-9-5-2-6-10-16;;;;1-5(2,3)4/h1-10H,11-14H2,(H,18,19);;;;(H3,1,2,3,4)/q;3*+1;/p-3. The Morgan fingerprint density at radius 2 is 1.39 bits per heavy atom. The average Bonchev–Trinajstić information content (AvgIpc) is 3.08. The van der Waals surface area contributed by atoms with E-state index in [9.17, 15) is 0 Å². The number of amidine groups is 1. The number of nitrogens with one attached hydrogen (secondary N) is 1. The number of rotatable bonds is 5. The van der Waals surface area contributed by atoms with E-state index in [0.717, 1.165) is 32.0 Å². The van der Waals surface area contributed by atoms with Gasteiger partial charge in [-0.2, -0.15) is 7.82 Å². The van der Waals surface area contributed by atoms with Gasteiger partial charge in [-0.15, -0.1) is 0 Å². The number of aliphatic imine (C=N–C) groups is 1. The normalized spacial score (nSPS) is 11.9. The van der Waals surface area contributed by atoms with Crippen LogP contribution in [0.3, 0.4) is 0 Å². The summed E-state index contributed by atoms with van der Waals surface area (Å²) in [4.78, 5) is 32.5. The molecule has 7 nitrogen and oxygen atoms in total. The fourth-order valence-electron chi connectivity index (χ4n) is 2.41. The molecular formula is C17H19N3Na3O4P. The summed E-state index contributed by atoms with van der Waals surface area (Å²) in [6, 6.07) is 21.1. The van der Waals surface area contributed by atoms with Crippen molar-refractivity contribution in [1.82, 2.24) is 5.32 Å². The van der Waals surface area contributed by atoms with Crippen LogP contribution < -0.4 is 114 Å². The number of hydrogen-bond donors (Lipinski definition) is 1. The maximum absolute atomic E-state index is 8.55. The van der Waals surface area contributed by atoms with E-state index < -0.39 is 7.82 Å². The molecule has 1 N–H and O–H groups in total. The van der Waals surface area contributed by atoms with Gasteiger partial charge in [0, 0.05) is 18.8 Å². The van der Waals surface area contributed by atoms with Crippen LogP contribution in [0, 0.1) is 0 Å². The fraction of sp³-hybridized carbons (Fsp3) is 0.235. The van der Waals surface area contributed by atoms with E-state index in [-0.39, 0.29) is 88.7 Å². The van der Waals surface area contributed by atoms with Gasteiger partial charge < -0.3 is 29.5 Å². The fourth-order valence-corrected chi connectivity index (χ4v) is 2.41. The van der Waals surface area contributed by atoms with Crippen molar-refractivity contribution in [2.24, 2.45) is 4.99 Å². The van der Waals surface area contributed by atoms with Crippen LogP contribution in [-0.4, -0.2) is 25.5 Å². The molecule has 0 radical (unpaired) electrons. The minimum atomic E-state index is -5.39. The SMILES string of the molecule is O=P([O-])([O-])[O-].[Na+].[Na+].[Na+].c1ccc(CN(CC2=NCCN2)c2ccccc2)cc1. The molecule has 1 heterocycles. The first-order chi connectivity index (χ1) is 11.9. The maximum Gasteiger partial charge on any atom is 1.00 e. The summed E-state index contributed by atoms with van der Waals surface area (Å²) < 4.78 is 8.55. The van der Waals surface area contributed by atoms with Crippen LogP contribution in [-0.2, 0) is 11.1 Å². The van der Waals surface area contributed by atoms with Crippen LogP contribution in [0.15, 0.2) is 65.7 Å². The van der Waals surface area contributed by atoms with Gasteiger partial charge >= 0.3 is 88.7 Å². The topological polar surface area (TPSA) is 114 Å². The molecule has 1 aliphatic rings. The Morgan fingerprint density at radius 3 is 1.86 bits per heavy atom. The summed E-state index contributed by atoms with van der Waals surface area (Å²) in [5, 5.41) is 3.35. The summed E-state index contributed by atoms with van der Waals surface area (Å²) in [5.41, 5.74) is 2.54. The third-order valence-electron chi connectivity index (χ3n) is 3.42. The molecule has 134 valence electrons. The quantitative estimate of drug-likeness (QED) is 0.373. The minimum Gasteiger partial charge on any atom is -0.822 e. The van der Waals surface area contributed by atoms with Gasteiger partial charge in [0.25, 0.3) is 0 Å². The van der Waals surface area contributed by atoms with Gasteiger partial charge in [0.2, 0.25) is 0 Å². The van der Waals surface area contributed by atoms with Gasteiger partial charge in [-0.3, -0.25) is 4.99 Å². The maximum atomic E-state index is 8.55. The Morgan fingerprint density at radius 1 is 0.893 bits per heavy atom. The predicted octanol–water partition coefficient (Wildman–Crippen LogP) is -9.12. The van der Waals surface area contributed by atoms with E-state index >= 15 is 0 Å². The molecule has 0 unspecified atom stereocenters. The molecule has 0 spiro atoms. The van der Waals surface area contributed by atoms with Crippen molar-refractivity contribution in [3.05, 3.63) is 66.2 Å². The zero-order chi connectivity index (χ0) is 18.1. The van der Waals surface area contributed by atoms with Crippen molar-refractivity contribution < 1.29 is 108 Å². The molecule has 1 aliphatic heterocycles. The third-order valence-corrected chi connectivity index (χ3v) is 3.42. The van der Waals surface area contributed by atoms with E-state index in [1.165, 1.54) is 11.3 Å². The van der Waals surface area contributed by atoms with Crippen LogP contribution >= 0.6 is 7.82 Å². The van der Waals surface area contributed by atoms with E-state index in [1.54, 1.807) is 0 Å². The van der Waals surface area contributed by atoms with Crippen LogP contribution in [0.4, 0.5) is 5.69 Å². The number of nitrogens with zero attached hydrogens (tertiary/aromatic N) is 2. The Balaban J connectivity index is 0. The molecule has 0 bridgehead atoms. The van der Waals surface area contributed by atoms with Crippen molar-refractivity contribution >= 4 is 19.3 Å². The Hall–Kier alpha value is 0.820. The zero-order valence-corrected chi connectivity index (χ0v) is 23.5. The summed E-state index contributed by atoms with van der Waals surface area (Å²) >= 11 is 0. The third kappa shape index (κ3) is 13.9. The summed E-state index contributed by atoms with van der Waals surface area (Å²) in [6.07, 6.45) is 0. The van der Waals surface area contributed by atoms with Crippen LogP contribution in [0.5, 0.6) is 0 Å². The van der Waals surface area contributed by atoms with Gasteiger partial charge in [0.1, 0.15) is 5.84 Å². The second-order valence-electron chi connectivity index (χ2n) is 5.38. The summed E-state index contributed by atoms with van der Waals surface area (Å²) in [5.74, 6) is 1.09. The molecule has 0 aromatic heterocycles. The minimum absolute atomic E-state index is 0. The van der Waals surface area contributed by atoms with Gasteiger partial charge in [-0.1, -0.05) is 48.5 Å². The van der Waals surface area contributed by atoms with E-state index in [1.807, 2.05) is 0 Å². The van der Waals surface area contributed by atoms with Crippen molar-refractivity contribution in [2.75, 3.05) is 24.5 Å². The van der Waals surface area contributed by atoms with Crippen LogP contribution in [0.2, 0.25) is 0 Å². The number of phosphoric acid groups is 1.